The number of carbonyl (C=O) groups is 1. The Morgan fingerprint density at radius 3 is 2.62 bits per heavy atom. The lowest BCUT2D eigenvalue weighted by Gasteiger charge is -2.06. The van der Waals surface area contributed by atoms with Crippen molar-refractivity contribution in [2.75, 3.05) is 10.6 Å². The highest BCUT2D eigenvalue weighted by Gasteiger charge is 2.10. The van der Waals surface area contributed by atoms with Gasteiger partial charge in [0.25, 0.3) is 5.91 Å². The van der Waals surface area contributed by atoms with E-state index < -0.39 is 0 Å². The number of nitrogens with zero attached hydrogens (tertiary/aromatic N) is 3. The van der Waals surface area contributed by atoms with Gasteiger partial charge in [0, 0.05) is 25.0 Å². The molecule has 0 unspecified atom stereocenters. The molecule has 24 heavy (non-hydrogen) atoms. The summed E-state index contributed by atoms with van der Waals surface area (Å²) in [6, 6.07) is 9.81. The number of nitrogens with one attached hydrogen (secondary N) is 2. The first-order valence-corrected chi connectivity index (χ1v) is 7.46. The summed E-state index contributed by atoms with van der Waals surface area (Å²) in [7, 11) is 0. The maximum atomic E-state index is 12.1. The van der Waals surface area contributed by atoms with Crippen LogP contribution in [0.5, 0.6) is 0 Å². The minimum atomic E-state index is -0.339. The van der Waals surface area contributed by atoms with Gasteiger partial charge in [0.1, 0.15) is 5.76 Å². The molecule has 3 rings (SSSR count). The van der Waals surface area contributed by atoms with Crippen LogP contribution in [-0.4, -0.2) is 21.0 Å². The lowest BCUT2D eigenvalue weighted by Crippen LogP contribution is -2.13. The molecule has 0 spiro atoms. The molecule has 2 N–H and O–H groups in total. The molecular formula is C17H17N5O2. The fraction of sp³-hybridized carbons (Fsp3) is 0.176. The van der Waals surface area contributed by atoms with Crippen molar-refractivity contribution < 1.29 is 9.32 Å². The molecule has 0 aliphatic rings. The number of hydrogen-bond acceptors (Lipinski definition) is 6. The van der Waals surface area contributed by atoms with Gasteiger partial charge in [-0.15, -0.1) is 0 Å². The van der Waals surface area contributed by atoms with Gasteiger partial charge < -0.3 is 15.2 Å². The van der Waals surface area contributed by atoms with Crippen molar-refractivity contribution in [1.82, 2.24) is 15.1 Å². The number of carbonyl (C=O) groups excluding carboxylic acids is 1. The molecule has 2 heterocycles. The molecule has 1 amide bonds. The van der Waals surface area contributed by atoms with E-state index in [0.29, 0.717) is 29.6 Å². The van der Waals surface area contributed by atoms with E-state index in [0.717, 1.165) is 5.56 Å². The van der Waals surface area contributed by atoms with Crippen LogP contribution in [0, 0.1) is 13.8 Å². The third-order valence-corrected chi connectivity index (χ3v) is 3.32. The molecule has 0 fully saturated rings. The third-order valence-electron chi connectivity index (χ3n) is 3.32. The largest absolute Gasteiger partial charge is 0.360 e. The minimum absolute atomic E-state index is 0.339. The van der Waals surface area contributed by atoms with Gasteiger partial charge in [0.15, 0.2) is 5.82 Å². The van der Waals surface area contributed by atoms with Gasteiger partial charge >= 0.3 is 0 Å². The summed E-state index contributed by atoms with van der Waals surface area (Å²) in [5, 5.41) is 9.45. The van der Waals surface area contributed by atoms with E-state index in [2.05, 4.69) is 31.8 Å². The van der Waals surface area contributed by atoms with E-state index in [1.807, 2.05) is 25.1 Å². The fourth-order valence-electron chi connectivity index (χ4n) is 2.15. The van der Waals surface area contributed by atoms with Gasteiger partial charge in [0.05, 0.1) is 5.56 Å². The second-order valence-electron chi connectivity index (χ2n) is 5.41. The molecule has 122 valence electrons. The molecule has 0 bridgehead atoms. The lowest BCUT2D eigenvalue weighted by molar-refractivity contribution is 0.102. The Labute approximate surface area is 139 Å². The first-order valence-electron chi connectivity index (χ1n) is 7.46. The maximum absolute atomic E-state index is 12.1. The van der Waals surface area contributed by atoms with Gasteiger partial charge in [-0.05, 0) is 19.4 Å². The van der Waals surface area contributed by atoms with E-state index in [1.165, 1.54) is 18.0 Å². The summed E-state index contributed by atoms with van der Waals surface area (Å²) in [5.41, 5.74) is 2.68. The van der Waals surface area contributed by atoms with E-state index >= 15 is 0 Å². The van der Waals surface area contributed by atoms with Crippen LogP contribution < -0.4 is 10.6 Å². The zero-order valence-corrected chi connectivity index (χ0v) is 13.4. The molecule has 1 aromatic carbocycles. The molecule has 2 aromatic heterocycles. The summed E-state index contributed by atoms with van der Waals surface area (Å²) in [6.07, 6.45) is 2.93. The summed E-state index contributed by atoms with van der Waals surface area (Å²) in [4.78, 5) is 20.4. The van der Waals surface area contributed by atoms with Crippen molar-refractivity contribution in [2.24, 2.45) is 0 Å². The smallest absolute Gasteiger partial charge is 0.260 e. The Morgan fingerprint density at radius 1 is 1.17 bits per heavy atom. The second-order valence-corrected chi connectivity index (χ2v) is 5.41. The van der Waals surface area contributed by atoms with Gasteiger partial charge in [-0.1, -0.05) is 35.0 Å². The highest BCUT2D eigenvalue weighted by molar-refractivity contribution is 6.03. The Balaban J connectivity index is 1.59. The van der Waals surface area contributed by atoms with Crippen molar-refractivity contribution >= 4 is 17.7 Å². The maximum Gasteiger partial charge on any atom is 0.260 e. The van der Waals surface area contributed by atoms with Crippen molar-refractivity contribution in [2.45, 2.75) is 20.4 Å². The Hall–Kier alpha value is -3.22. The van der Waals surface area contributed by atoms with Crippen LogP contribution in [0.1, 0.15) is 27.2 Å². The number of amides is 1. The van der Waals surface area contributed by atoms with E-state index in [4.69, 9.17) is 4.52 Å². The lowest BCUT2D eigenvalue weighted by atomic mass is 10.1. The van der Waals surface area contributed by atoms with Gasteiger partial charge in [-0.25, -0.2) is 9.97 Å². The van der Waals surface area contributed by atoms with Crippen LogP contribution in [-0.2, 0) is 6.54 Å². The average Bonchev–Trinajstić information content (AvgIpc) is 2.98. The highest BCUT2D eigenvalue weighted by atomic mass is 16.5. The zero-order chi connectivity index (χ0) is 16.9. The summed E-state index contributed by atoms with van der Waals surface area (Å²) in [6.45, 7) is 4.41. The van der Waals surface area contributed by atoms with Crippen LogP contribution in [0.15, 0.2) is 47.2 Å². The SMILES string of the molecule is Cc1cccc(CNc2ncc(C(=O)Nc3cc(C)on3)cn2)c1. The predicted octanol–water partition coefficient (Wildman–Crippen LogP) is 2.95. The Morgan fingerprint density at radius 2 is 1.96 bits per heavy atom. The molecule has 0 aliphatic carbocycles. The van der Waals surface area contributed by atoms with Crippen molar-refractivity contribution in [3.63, 3.8) is 0 Å². The van der Waals surface area contributed by atoms with Crippen LogP contribution in [0.25, 0.3) is 0 Å². The van der Waals surface area contributed by atoms with E-state index in [-0.39, 0.29) is 5.91 Å². The molecule has 0 saturated heterocycles. The molecular weight excluding hydrogens is 306 g/mol. The van der Waals surface area contributed by atoms with E-state index in [1.54, 1.807) is 13.0 Å². The Bertz CT molecular complexity index is 842. The Kier molecular flexibility index (Phi) is 4.51. The fourth-order valence-corrected chi connectivity index (χ4v) is 2.15. The topological polar surface area (TPSA) is 92.9 Å². The molecule has 0 radical (unpaired) electrons. The quantitative estimate of drug-likeness (QED) is 0.750. The van der Waals surface area contributed by atoms with Crippen LogP contribution in [0.3, 0.4) is 0 Å². The summed E-state index contributed by atoms with van der Waals surface area (Å²) >= 11 is 0. The van der Waals surface area contributed by atoms with Crippen molar-refractivity contribution in [3.05, 3.63) is 65.2 Å². The minimum Gasteiger partial charge on any atom is -0.360 e. The van der Waals surface area contributed by atoms with Crippen LogP contribution >= 0.6 is 0 Å². The van der Waals surface area contributed by atoms with Gasteiger partial charge in [0.2, 0.25) is 5.95 Å². The molecule has 0 saturated carbocycles. The van der Waals surface area contributed by atoms with Crippen LogP contribution in [0.4, 0.5) is 11.8 Å². The first-order chi connectivity index (χ1) is 11.6. The number of hydrogen-bond donors (Lipinski definition) is 2. The van der Waals surface area contributed by atoms with Crippen molar-refractivity contribution in [3.8, 4) is 0 Å². The average molecular weight is 323 g/mol. The van der Waals surface area contributed by atoms with Gasteiger partial charge in [-0.3, -0.25) is 4.79 Å². The molecule has 0 atom stereocenters. The monoisotopic (exact) mass is 323 g/mol. The number of rotatable bonds is 5. The first kappa shape index (κ1) is 15.7. The number of benzene rings is 1. The normalized spacial score (nSPS) is 10.4. The predicted molar refractivity (Wildman–Crippen MR) is 89.7 cm³/mol. The molecule has 0 aliphatic heterocycles. The number of aryl methyl sites for hydroxylation is 2. The third kappa shape index (κ3) is 3.95. The van der Waals surface area contributed by atoms with Gasteiger partial charge in [-0.2, -0.15) is 0 Å². The summed E-state index contributed by atoms with van der Waals surface area (Å²) in [5.74, 6) is 1.11. The standard InChI is InChI=1S/C17H17N5O2/c1-11-4-3-5-13(6-11)8-18-17-19-9-14(10-20-17)16(23)21-15-7-12(2)24-22-15/h3-7,9-10H,8H2,1-2H3,(H,18,19,20)(H,21,22,23). The zero-order valence-electron chi connectivity index (χ0n) is 13.4. The number of anilines is 2. The van der Waals surface area contributed by atoms with Crippen molar-refractivity contribution in [1.29, 1.82) is 0 Å². The molecule has 7 heteroatoms. The number of aromatic nitrogens is 3. The van der Waals surface area contributed by atoms with Crippen LogP contribution in [0.2, 0.25) is 0 Å². The molecule has 3 aromatic rings. The molecule has 7 nitrogen and oxygen atoms in total. The van der Waals surface area contributed by atoms with E-state index in [9.17, 15) is 4.79 Å². The highest BCUT2D eigenvalue weighted by Crippen LogP contribution is 2.10. The second kappa shape index (κ2) is 6.91. The summed E-state index contributed by atoms with van der Waals surface area (Å²) < 4.78 is 4.90.